The van der Waals surface area contributed by atoms with Crippen molar-refractivity contribution in [1.82, 2.24) is 23.9 Å². The molecule has 38 heavy (non-hydrogen) atoms. The number of imidazole rings is 2. The van der Waals surface area contributed by atoms with Crippen molar-refractivity contribution in [3.63, 3.8) is 0 Å². The summed E-state index contributed by atoms with van der Waals surface area (Å²) < 4.78 is 17.2. The van der Waals surface area contributed by atoms with Crippen LogP contribution in [0, 0.1) is 5.82 Å². The van der Waals surface area contributed by atoms with Gasteiger partial charge in [-0.3, -0.25) is 4.57 Å². The number of nitrogens with zero attached hydrogens (tertiary/aromatic N) is 5. The van der Waals surface area contributed by atoms with Gasteiger partial charge in [-0.25, -0.2) is 24.1 Å². The van der Waals surface area contributed by atoms with Gasteiger partial charge in [0, 0.05) is 53.5 Å². The Bertz CT molecular complexity index is 1780. The second-order valence-electron chi connectivity index (χ2n) is 8.38. The first-order valence-electron chi connectivity index (χ1n) is 11.6. The summed E-state index contributed by atoms with van der Waals surface area (Å²) in [6, 6.07) is 20.7. The number of hydrogen-bond donors (Lipinski definition) is 2. The van der Waals surface area contributed by atoms with E-state index < -0.39 is 11.8 Å². The van der Waals surface area contributed by atoms with Gasteiger partial charge in [-0.1, -0.05) is 54.1 Å². The zero-order valence-corrected chi connectivity index (χ0v) is 20.5. The smallest absolute Gasteiger partial charge is 0.308 e. The van der Waals surface area contributed by atoms with Crippen LogP contribution < -0.4 is 10.6 Å². The zero-order chi connectivity index (χ0) is 26.1. The van der Waals surface area contributed by atoms with Crippen LogP contribution in [0.25, 0.3) is 34.1 Å². The Labute approximate surface area is 221 Å². The Morgan fingerprint density at radius 3 is 2.42 bits per heavy atom. The van der Waals surface area contributed by atoms with Gasteiger partial charge in [-0.2, -0.15) is 0 Å². The van der Waals surface area contributed by atoms with Crippen molar-refractivity contribution in [3.05, 3.63) is 115 Å². The van der Waals surface area contributed by atoms with Gasteiger partial charge < -0.3 is 15.0 Å². The van der Waals surface area contributed by atoms with Crippen LogP contribution in [-0.2, 0) is 0 Å². The van der Waals surface area contributed by atoms with Gasteiger partial charge in [0.25, 0.3) is 0 Å². The first-order valence-corrected chi connectivity index (χ1v) is 12.0. The van der Waals surface area contributed by atoms with Crippen molar-refractivity contribution < 1.29 is 9.18 Å². The standard InChI is InChI=1S/C28H19ClFN7O/c29-22-16-21(9-10-23(22)30)34-28(38)33-20-8-4-7-19(15-20)24-17-36-13-11-32-26(36)27(35-24)37-14-12-31-25(37)18-5-2-1-3-6-18/h1-17H,(H2,33,34,38). The summed E-state index contributed by atoms with van der Waals surface area (Å²) in [5.41, 5.74) is 4.01. The third kappa shape index (κ3) is 4.58. The van der Waals surface area contributed by atoms with E-state index in [4.69, 9.17) is 16.6 Å². The summed E-state index contributed by atoms with van der Waals surface area (Å²) in [5, 5.41) is 5.36. The van der Waals surface area contributed by atoms with E-state index in [9.17, 15) is 9.18 Å². The molecule has 3 aromatic heterocycles. The number of carbonyl (C=O) groups is 1. The lowest BCUT2D eigenvalue weighted by Crippen LogP contribution is -2.19. The minimum atomic E-state index is -0.557. The molecule has 0 atom stereocenters. The number of benzene rings is 3. The predicted octanol–water partition coefficient (Wildman–Crippen LogP) is 6.69. The molecule has 0 aliphatic rings. The largest absolute Gasteiger partial charge is 0.323 e. The monoisotopic (exact) mass is 523 g/mol. The minimum absolute atomic E-state index is 0.0742. The van der Waals surface area contributed by atoms with Crippen LogP contribution in [0.2, 0.25) is 5.02 Å². The Morgan fingerprint density at radius 1 is 0.842 bits per heavy atom. The molecule has 8 nitrogen and oxygen atoms in total. The van der Waals surface area contributed by atoms with Gasteiger partial charge in [0.15, 0.2) is 11.5 Å². The lowest BCUT2D eigenvalue weighted by atomic mass is 10.1. The molecule has 0 aliphatic heterocycles. The molecule has 2 amide bonds. The summed E-state index contributed by atoms with van der Waals surface area (Å²) in [6.07, 6.45) is 9.03. The third-order valence-electron chi connectivity index (χ3n) is 5.85. The minimum Gasteiger partial charge on any atom is -0.308 e. The number of halogens is 2. The Hall–Kier alpha value is -5.02. The van der Waals surface area contributed by atoms with Gasteiger partial charge >= 0.3 is 6.03 Å². The maximum atomic E-state index is 13.4. The molecular formula is C28H19ClFN7O. The lowest BCUT2D eigenvalue weighted by Gasteiger charge is -2.12. The molecule has 0 radical (unpaired) electrons. The average molecular weight is 524 g/mol. The summed E-state index contributed by atoms with van der Waals surface area (Å²) in [7, 11) is 0. The molecule has 0 bridgehead atoms. The predicted molar refractivity (Wildman–Crippen MR) is 145 cm³/mol. The first-order chi connectivity index (χ1) is 18.5. The number of carbonyl (C=O) groups excluding carboxylic acids is 1. The maximum absolute atomic E-state index is 13.4. The summed E-state index contributed by atoms with van der Waals surface area (Å²) in [5.74, 6) is 0.805. The Kier molecular flexibility index (Phi) is 6.03. The van der Waals surface area contributed by atoms with Crippen LogP contribution in [0.1, 0.15) is 0 Å². The highest BCUT2D eigenvalue weighted by atomic mass is 35.5. The summed E-state index contributed by atoms with van der Waals surface area (Å²) >= 11 is 5.81. The van der Waals surface area contributed by atoms with E-state index in [-0.39, 0.29) is 5.02 Å². The fraction of sp³-hybridized carbons (Fsp3) is 0. The number of rotatable bonds is 5. The number of fused-ring (bicyclic) bond motifs is 1. The van der Waals surface area contributed by atoms with E-state index in [0.717, 1.165) is 17.0 Å². The molecule has 6 rings (SSSR count). The second-order valence-corrected chi connectivity index (χ2v) is 8.79. The number of urea groups is 1. The molecule has 0 saturated heterocycles. The topological polar surface area (TPSA) is 89.1 Å². The molecule has 0 aliphatic carbocycles. The summed E-state index contributed by atoms with van der Waals surface area (Å²) in [6.45, 7) is 0. The van der Waals surface area contributed by atoms with Gasteiger partial charge in [-0.15, -0.1) is 0 Å². The highest BCUT2D eigenvalue weighted by Crippen LogP contribution is 2.27. The van der Waals surface area contributed by atoms with E-state index in [1.54, 1.807) is 18.5 Å². The number of anilines is 2. The van der Waals surface area contributed by atoms with Crippen molar-refractivity contribution in [3.8, 4) is 28.5 Å². The van der Waals surface area contributed by atoms with Crippen LogP contribution in [0.4, 0.5) is 20.6 Å². The van der Waals surface area contributed by atoms with Crippen molar-refractivity contribution in [2.24, 2.45) is 0 Å². The molecule has 2 N–H and O–H groups in total. The van der Waals surface area contributed by atoms with Crippen LogP contribution in [-0.4, -0.2) is 30.0 Å². The normalized spacial score (nSPS) is 11.0. The van der Waals surface area contributed by atoms with Gasteiger partial charge in [0.05, 0.1) is 10.7 Å². The molecule has 10 heteroatoms. The number of amides is 2. The molecule has 3 heterocycles. The molecule has 6 aromatic rings. The SMILES string of the molecule is O=C(Nc1cccc(-c2cn3ccnc3c(-n3ccnc3-c3ccccc3)n2)c1)Nc1ccc(F)c(Cl)c1. The Morgan fingerprint density at radius 2 is 1.61 bits per heavy atom. The number of aromatic nitrogens is 5. The third-order valence-corrected chi connectivity index (χ3v) is 6.14. The van der Waals surface area contributed by atoms with Crippen LogP contribution in [0.3, 0.4) is 0 Å². The van der Waals surface area contributed by atoms with E-state index >= 15 is 0 Å². The zero-order valence-electron chi connectivity index (χ0n) is 19.7. The van der Waals surface area contributed by atoms with Crippen molar-refractivity contribution >= 4 is 34.7 Å². The first kappa shape index (κ1) is 23.4. The van der Waals surface area contributed by atoms with Crippen LogP contribution >= 0.6 is 11.6 Å². The lowest BCUT2D eigenvalue weighted by molar-refractivity contribution is 0.262. The van der Waals surface area contributed by atoms with Crippen LogP contribution in [0.15, 0.2) is 104 Å². The fourth-order valence-electron chi connectivity index (χ4n) is 4.11. The molecule has 0 unspecified atom stereocenters. The van der Waals surface area contributed by atoms with Crippen LogP contribution in [0.5, 0.6) is 0 Å². The van der Waals surface area contributed by atoms with Gasteiger partial charge in [0.2, 0.25) is 0 Å². The molecule has 0 saturated carbocycles. The molecule has 0 spiro atoms. The molecule has 186 valence electrons. The fourth-order valence-corrected chi connectivity index (χ4v) is 4.30. The number of nitrogens with one attached hydrogen (secondary N) is 2. The highest BCUT2D eigenvalue weighted by Gasteiger charge is 2.16. The Balaban J connectivity index is 1.33. The highest BCUT2D eigenvalue weighted by molar-refractivity contribution is 6.31. The maximum Gasteiger partial charge on any atom is 0.323 e. The van der Waals surface area contributed by atoms with Gasteiger partial charge in [0.1, 0.15) is 11.6 Å². The molecular weight excluding hydrogens is 505 g/mol. The quantitative estimate of drug-likeness (QED) is 0.263. The summed E-state index contributed by atoms with van der Waals surface area (Å²) in [4.78, 5) is 26.5. The number of hydrogen-bond acceptors (Lipinski definition) is 4. The van der Waals surface area contributed by atoms with E-state index in [1.165, 1.54) is 18.2 Å². The second kappa shape index (κ2) is 9.79. The van der Waals surface area contributed by atoms with E-state index in [1.807, 2.05) is 76.1 Å². The van der Waals surface area contributed by atoms with Crippen molar-refractivity contribution in [1.29, 1.82) is 0 Å². The molecule has 3 aromatic carbocycles. The average Bonchev–Trinajstić information content (AvgIpc) is 3.61. The van der Waals surface area contributed by atoms with E-state index in [0.29, 0.717) is 28.5 Å². The van der Waals surface area contributed by atoms with Gasteiger partial charge in [-0.05, 0) is 30.3 Å². The van der Waals surface area contributed by atoms with Crippen molar-refractivity contribution in [2.45, 2.75) is 0 Å². The molecule has 0 fully saturated rings. The van der Waals surface area contributed by atoms with E-state index in [2.05, 4.69) is 20.6 Å². The van der Waals surface area contributed by atoms with Crippen molar-refractivity contribution in [2.75, 3.05) is 10.6 Å².